The number of benzene rings is 1. The second-order valence-corrected chi connectivity index (χ2v) is 5.59. The summed E-state index contributed by atoms with van der Waals surface area (Å²) in [4.78, 5) is 38.7. The Morgan fingerprint density at radius 2 is 1.60 bits per heavy atom. The molecule has 1 aromatic carbocycles. The van der Waals surface area contributed by atoms with Crippen LogP contribution in [0.4, 0.5) is 0 Å². The molecule has 0 aromatic heterocycles. The second-order valence-electron chi connectivity index (χ2n) is 4.03. The molecule has 0 atom stereocenters. The number of primary sulfonamides is 1. The summed E-state index contributed by atoms with van der Waals surface area (Å²) >= 11 is 0. The quantitative estimate of drug-likeness (QED) is 0.754. The van der Waals surface area contributed by atoms with Gasteiger partial charge in [-0.3, -0.25) is 9.59 Å². The van der Waals surface area contributed by atoms with Gasteiger partial charge in [0.1, 0.15) is 0 Å². The van der Waals surface area contributed by atoms with Gasteiger partial charge in [-0.25, -0.2) is 18.4 Å². The van der Waals surface area contributed by atoms with Crippen molar-refractivity contribution < 1.29 is 27.6 Å². The Morgan fingerprint density at radius 1 is 1.10 bits per heavy atom. The molecule has 2 amide bonds. The van der Waals surface area contributed by atoms with Gasteiger partial charge in [0.2, 0.25) is 10.0 Å². The normalized spacial score (nSPS) is 15.6. The number of hydrogen-bond acceptors (Lipinski definition) is 6. The Morgan fingerprint density at radius 3 is 2.05 bits per heavy atom. The maximum atomic E-state index is 11.7. The Hall–Kier alpha value is -2.26. The number of rotatable bonds is 3. The lowest BCUT2D eigenvalue weighted by molar-refractivity contribution is -0.172. The fourth-order valence-corrected chi connectivity index (χ4v) is 2.09. The van der Waals surface area contributed by atoms with E-state index in [9.17, 15) is 22.8 Å². The van der Waals surface area contributed by atoms with Crippen molar-refractivity contribution in [2.24, 2.45) is 5.14 Å². The highest BCUT2D eigenvalue weighted by Crippen LogP contribution is 2.15. The third-order valence-electron chi connectivity index (χ3n) is 2.60. The van der Waals surface area contributed by atoms with E-state index in [1.165, 1.54) is 12.1 Å². The zero-order valence-corrected chi connectivity index (χ0v) is 10.9. The van der Waals surface area contributed by atoms with E-state index in [0.29, 0.717) is 5.06 Å². The van der Waals surface area contributed by atoms with E-state index in [2.05, 4.69) is 4.84 Å². The molecule has 1 heterocycles. The molecule has 0 saturated carbocycles. The fraction of sp³-hybridized carbons (Fsp3) is 0.182. The first-order valence-corrected chi connectivity index (χ1v) is 7.04. The SMILES string of the molecule is NS(=O)(=O)c1ccc(C(=O)ON2C(=O)CCC2=O)cc1. The molecule has 1 aromatic rings. The molecule has 1 fully saturated rings. The second kappa shape index (κ2) is 5.02. The minimum absolute atomic E-state index is 0.00350. The molecule has 8 nitrogen and oxygen atoms in total. The average Bonchev–Trinajstić information content (AvgIpc) is 2.69. The monoisotopic (exact) mass is 298 g/mol. The van der Waals surface area contributed by atoms with Crippen LogP contribution >= 0.6 is 0 Å². The van der Waals surface area contributed by atoms with Crippen molar-refractivity contribution in [1.29, 1.82) is 0 Å². The molecular formula is C11H10N2O6S. The van der Waals surface area contributed by atoms with E-state index in [4.69, 9.17) is 5.14 Å². The van der Waals surface area contributed by atoms with E-state index >= 15 is 0 Å². The summed E-state index contributed by atoms with van der Waals surface area (Å²) in [5.41, 5.74) is -0.00935. The predicted molar refractivity (Wildman–Crippen MR) is 64.3 cm³/mol. The van der Waals surface area contributed by atoms with Crippen LogP contribution in [-0.2, 0) is 24.4 Å². The lowest BCUT2D eigenvalue weighted by atomic mass is 10.2. The van der Waals surface area contributed by atoms with Gasteiger partial charge in [-0.05, 0) is 24.3 Å². The molecule has 2 rings (SSSR count). The number of hydroxylamine groups is 2. The van der Waals surface area contributed by atoms with Gasteiger partial charge in [-0.2, -0.15) is 0 Å². The van der Waals surface area contributed by atoms with Gasteiger partial charge in [-0.1, -0.05) is 0 Å². The van der Waals surface area contributed by atoms with E-state index in [1.807, 2.05) is 0 Å². The van der Waals surface area contributed by atoms with Gasteiger partial charge in [0, 0.05) is 12.8 Å². The molecule has 0 spiro atoms. The lowest BCUT2D eigenvalue weighted by Gasteiger charge is -2.12. The van der Waals surface area contributed by atoms with Crippen LogP contribution in [0.3, 0.4) is 0 Å². The van der Waals surface area contributed by atoms with Gasteiger partial charge >= 0.3 is 5.97 Å². The molecular weight excluding hydrogens is 288 g/mol. The topological polar surface area (TPSA) is 124 Å². The largest absolute Gasteiger partial charge is 0.363 e. The number of nitrogens with two attached hydrogens (primary N) is 1. The number of nitrogens with zero attached hydrogens (tertiary/aromatic N) is 1. The summed E-state index contributed by atoms with van der Waals surface area (Å²) in [5, 5.41) is 5.32. The third-order valence-corrected chi connectivity index (χ3v) is 3.53. The van der Waals surface area contributed by atoms with Crippen molar-refractivity contribution in [3.05, 3.63) is 29.8 Å². The molecule has 1 saturated heterocycles. The minimum atomic E-state index is -3.86. The van der Waals surface area contributed by atoms with Crippen LogP contribution in [0.5, 0.6) is 0 Å². The molecule has 0 aliphatic carbocycles. The van der Waals surface area contributed by atoms with Crippen LogP contribution < -0.4 is 5.14 Å². The zero-order valence-electron chi connectivity index (χ0n) is 10.1. The minimum Gasteiger partial charge on any atom is -0.325 e. The smallest absolute Gasteiger partial charge is 0.325 e. The van der Waals surface area contributed by atoms with Crippen LogP contribution in [0.25, 0.3) is 0 Å². The van der Waals surface area contributed by atoms with Crippen molar-refractivity contribution in [2.45, 2.75) is 17.7 Å². The molecule has 1 aliphatic rings. The van der Waals surface area contributed by atoms with Gasteiger partial charge in [0.25, 0.3) is 11.8 Å². The first kappa shape index (κ1) is 14.2. The van der Waals surface area contributed by atoms with Crippen molar-refractivity contribution in [1.82, 2.24) is 5.06 Å². The number of sulfonamides is 1. The van der Waals surface area contributed by atoms with Crippen LogP contribution in [0.2, 0.25) is 0 Å². The van der Waals surface area contributed by atoms with E-state index in [-0.39, 0.29) is 23.3 Å². The first-order valence-electron chi connectivity index (χ1n) is 5.50. The van der Waals surface area contributed by atoms with Gasteiger partial charge in [0.15, 0.2) is 0 Å². The number of hydrogen-bond donors (Lipinski definition) is 1. The van der Waals surface area contributed by atoms with E-state index < -0.39 is 27.8 Å². The van der Waals surface area contributed by atoms with Crippen LogP contribution in [0.1, 0.15) is 23.2 Å². The Kier molecular flexibility index (Phi) is 3.55. The molecule has 9 heteroatoms. The maximum Gasteiger partial charge on any atom is 0.363 e. The maximum absolute atomic E-state index is 11.7. The predicted octanol–water partition coefficient (Wildman–Crippen LogP) is -0.445. The summed E-state index contributed by atoms with van der Waals surface area (Å²) in [6.07, 6.45) is -0.00701. The Balaban J connectivity index is 2.14. The number of carbonyl (C=O) groups excluding carboxylic acids is 3. The number of amides is 2. The zero-order chi connectivity index (χ0) is 14.9. The summed E-state index contributed by atoms with van der Waals surface area (Å²) in [6.45, 7) is 0. The highest BCUT2D eigenvalue weighted by molar-refractivity contribution is 7.89. The van der Waals surface area contributed by atoms with Crippen LogP contribution in [0, 0.1) is 0 Å². The van der Waals surface area contributed by atoms with Crippen molar-refractivity contribution in [3.8, 4) is 0 Å². The van der Waals surface area contributed by atoms with Crippen LogP contribution in [-0.4, -0.2) is 31.3 Å². The molecule has 0 unspecified atom stereocenters. The molecule has 106 valence electrons. The van der Waals surface area contributed by atoms with Crippen molar-refractivity contribution >= 4 is 27.8 Å². The number of carbonyl (C=O) groups is 3. The molecule has 0 bridgehead atoms. The molecule has 2 N–H and O–H groups in total. The van der Waals surface area contributed by atoms with E-state index in [0.717, 1.165) is 12.1 Å². The molecule has 0 radical (unpaired) electrons. The summed E-state index contributed by atoms with van der Waals surface area (Å²) in [5.74, 6) is -2.12. The van der Waals surface area contributed by atoms with Crippen LogP contribution in [0.15, 0.2) is 29.2 Å². The van der Waals surface area contributed by atoms with E-state index in [1.54, 1.807) is 0 Å². The molecule has 20 heavy (non-hydrogen) atoms. The Bertz CT molecular complexity index is 663. The van der Waals surface area contributed by atoms with Crippen molar-refractivity contribution in [2.75, 3.05) is 0 Å². The summed E-state index contributed by atoms with van der Waals surface area (Å²) in [7, 11) is -3.86. The summed E-state index contributed by atoms with van der Waals surface area (Å²) < 4.78 is 22.1. The first-order chi connectivity index (χ1) is 9.29. The fourth-order valence-electron chi connectivity index (χ4n) is 1.57. The summed E-state index contributed by atoms with van der Waals surface area (Å²) in [6, 6.07) is 4.60. The number of imide groups is 1. The highest BCUT2D eigenvalue weighted by atomic mass is 32.2. The van der Waals surface area contributed by atoms with Gasteiger partial charge in [-0.15, -0.1) is 5.06 Å². The lowest BCUT2D eigenvalue weighted by Crippen LogP contribution is -2.32. The standard InChI is InChI=1S/C11H10N2O6S/c12-20(17,18)8-3-1-7(2-4-8)11(16)19-13-9(14)5-6-10(13)15/h1-4H,5-6H2,(H2,12,17,18). The van der Waals surface area contributed by atoms with Gasteiger partial charge < -0.3 is 4.84 Å². The van der Waals surface area contributed by atoms with Crippen molar-refractivity contribution in [3.63, 3.8) is 0 Å². The average molecular weight is 298 g/mol. The Labute approximate surface area is 114 Å². The third kappa shape index (κ3) is 2.83. The van der Waals surface area contributed by atoms with Gasteiger partial charge in [0.05, 0.1) is 10.5 Å². The molecule has 1 aliphatic heterocycles. The highest BCUT2D eigenvalue weighted by Gasteiger charge is 2.33.